The number of nitrogens with zero attached hydrogens (tertiary/aromatic N) is 3. The van der Waals surface area contributed by atoms with Crippen LogP contribution >= 0.6 is 0 Å². The maximum Gasteiger partial charge on any atom is 0.308 e. The van der Waals surface area contributed by atoms with Gasteiger partial charge in [0.1, 0.15) is 24.2 Å². The van der Waals surface area contributed by atoms with Crippen LogP contribution in [0.15, 0.2) is 0 Å². The SMILES string of the molecule is CC[C@@H](C)[C@@H]1NC(=O)[C@H]2[C@@H](C)CCN2C(=O)[C@@H](C[C@@H](C)C(=O)O)OC(=O)CCNC(=O)[C@@H](C)N(C)C(=O)[C@@H](C(C)C)N(C)C1=O. The fourth-order valence-electron chi connectivity index (χ4n) is 5.80. The molecule has 0 aromatic heterocycles. The molecule has 0 aliphatic carbocycles. The lowest BCUT2D eigenvalue weighted by Gasteiger charge is -2.38. The third-order valence-electron chi connectivity index (χ3n) is 9.15. The van der Waals surface area contributed by atoms with Gasteiger partial charge < -0.3 is 35.2 Å². The van der Waals surface area contributed by atoms with E-state index in [0.717, 1.165) is 0 Å². The average Bonchev–Trinajstić information content (AvgIpc) is 3.37. The van der Waals surface area contributed by atoms with E-state index < -0.39 is 77.7 Å². The van der Waals surface area contributed by atoms with Gasteiger partial charge in [-0.3, -0.25) is 33.6 Å². The first kappa shape index (κ1) is 37.5. The minimum atomic E-state index is -1.48. The number of carbonyl (C=O) groups excluding carboxylic acids is 6. The van der Waals surface area contributed by atoms with E-state index in [9.17, 15) is 38.7 Å². The summed E-state index contributed by atoms with van der Waals surface area (Å²) in [5.74, 6) is -6.80. The predicted molar refractivity (Wildman–Crippen MR) is 163 cm³/mol. The summed E-state index contributed by atoms with van der Waals surface area (Å²) in [6.07, 6.45) is -1.12. The molecule has 0 aromatic carbocycles. The second kappa shape index (κ2) is 16.0. The lowest BCUT2D eigenvalue weighted by Crippen LogP contribution is -2.61. The normalized spacial score (nSPS) is 29.7. The molecule has 45 heavy (non-hydrogen) atoms. The number of hydrogen-bond donors (Lipinski definition) is 3. The first-order valence-electron chi connectivity index (χ1n) is 15.8. The van der Waals surface area contributed by atoms with Gasteiger partial charge in [0.25, 0.3) is 5.91 Å². The fraction of sp³-hybridized carbons (Fsp3) is 0.774. The molecular formula is C31H51N5O9. The number of fused-ring (bicyclic) bond motifs is 1. The topological polar surface area (TPSA) is 183 Å². The van der Waals surface area contributed by atoms with Crippen LogP contribution in [0.3, 0.4) is 0 Å². The van der Waals surface area contributed by atoms with Crippen LogP contribution in [0.25, 0.3) is 0 Å². The Labute approximate surface area is 265 Å². The Morgan fingerprint density at radius 3 is 2.13 bits per heavy atom. The van der Waals surface area contributed by atoms with Crippen molar-refractivity contribution in [1.82, 2.24) is 25.3 Å². The fourth-order valence-corrected chi connectivity index (χ4v) is 5.80. The van der Waals surface area contributed by atoms with Gasteiger partial charge >= 0.3 is 11.9 Å². The molecule has 8 atom stereocenters. The van der Waals surface area contributed by atoms with E-state index in [1.54, 1.807) is 27.7 Å². The first-order chi connectivity index (χ1) is 20.9. The van der Waals surface area contributed by atoms with Crippen LogP contribution in [-0.4, -0.2) is 119 Å². The molecule has 254 valence electrons. The number of carboxylic acids is 1. The number of esters is 1. The number of likely N-dealkylation sites (N-methyl/N-ethyl adjacent to an activating group) is 2. The molecule has 2 rings (SSSR count). The van der Waals surface area contributed by atoms with Crippen molar-refractivity contribution in [1.29, 1.82) is 0 Å². The zero-order chi connectivity index (χ0) is 34.3. The van der Waals surface area contributed by atoms with Crippen molar-refractivity contribution in [2.45, 2.75) is 104 Å². The van der Waals surface area contributed by atoms with Crippen LogP contribution in [0.5, 0.6) is 0 Å². The summed E-state index contributed by atoms with van der Waals surface area (Å²) in [6, 6.07) is -3.93. The summed E-state index contributed by atoms with van der Waals surface area (Å²) < 4.78 is 5.47. The number of aliphatic carboxylic acids is 1. The molecule has 0 bridgehead atoms. The number of amides is 5. The van der Waals surface area contributed by atoms with Crippen molar-refractivity contribution in [3.8, 4) is 0 Å². The Hall–Kier alpha value is -3.71. The van der Waals surface area contributed by atoms with Gasteiger partial charge in [0.15, 0.2) is 6.10 Å². The molecule has 0 spiro atoms. The highest BCUT2D eigenvalue weighted by Crippen LogP contribution is 2.28. The lowest BCUT2D eigenvalue weighted by molar-refractivity contribution is -0.164. The Bertz CT molecular complexity index is 1140. The molecule has 3 N–H and O–H groups in total. The Morgan fingerprint density at radius 1 is 0.956 bits per heavy atom. The number of cyclic esters (lactones) is 1. The number of carboxylic acid groups (broad SMARTS) is 1. The van der Waals surface area contributed by atoms with Crippen molar-refractivity contribution >= 4 is 41.5 Å². The van der Waals surface area contributed by atoms with Gasteiger partial charge in [-0.15, -0.1) is 0 Å². The molecule has 2 fully saturated rings. The predicted octanol–water partition coefficient (Wildman–Crippen LogP) is 0.627. The van der Waals surface area contributed by atoms with Crippen molar-refractivity contribution < 1.29 is 43.4 Å². The van der Waals surface area contributed by atoms with Crippen LogP contribution < -0.4 is 10.6 Å². The third kappa shape index (κ3) is 8.94. The minimum absolute atomic E-state index is 0.159. The van der Waals surface area contributed by atoms with Crippen molar-refractivity contribution in [3.05, 3.63) is 0 Å². The smallest absolute Gasteiger partial charge is 0.308 e. The highest BCUT2D eigenvalue weighted by atomic mass is 16.5. The molecule has 2 saturated heterocycles. The Morgan fingerprint density at radius 2 is 1.58 bits per heavy atom. The molecule has 0 saturated carbocycles. The zero-order valence-electron chi connectivity index (χ0n) is 28.0. The highest BCUT2D eigenvalue weighted by molar-refractivity contribution is 5.96. The number of rotatable bonds is 6. The molecule has 2 aliphatic rings. The van der Waals surface area contributed by atoms with E-state index >= 15 is 0 Å². The van der Waals surface area contributed by atoms with Crippen LogP contribution in [0, 0.1) is 23.7 Å². The number of nitrogens with one attached hydrogen (secondary N) is 2. The van der Waals surface area contributed by atoms with Gasteiger partial charge in [0.2, 0.25) is 23.6 Å². The van der Waals surface area contributed by atoms with Gasteiger partial charge in [0, 0.05) is 33.6 Å². The number of carbonyl (C=O) groups is 7. The molecule has 0 unspecified atom stereocenters. The largest absolute Gasteiger partial charge is 0.481 e. The summed E-state index contributed by atoms with van der Waals surface area (Å²) in [5.41, 5.74) is 0. The maximum absolute atomic E-state index is 14.0. The van der Waals surface area contributed by atoms with Gasteiger partial charge in [0.05, 0.1) is 12.3 Å². The summed E-state index contributed by atoms with van der Waals surface area (Å²) >= 11 is 0. The average molecular weight is 638 g/mol. The monoisotopic (exact) mass is 637 g/mol. The van der Waals surface area contributed by atoms with Gasteiger partial charge in [-0.1, -0.05) is 48.0 Å². The van der Waals surface area contributed by atoms with E-state index in [4.69, 9.17) is 4.74 Å². The molecular weight excluding hydrogens is 586 g/mol. The lowest BCUT2D eigenvalue weighted by atomic mass is 9.93. The summed E-state index contributed by atoms with van der Waals surface area (Å²) in [7, 11) is 2.96. The van der Waals surface area contributed by atoms with E-state index in [1.807, 2.05) is 6.92 Å². The van der Waals surface area contributed by atoms with E-state index in [-0.39, 0.29) is 43.7 Å². The molecule has 2 heterocycles. The summed E-state index contributed by atoms with van der Waals surface area (Å²) in [4.78, 5) is 96.7. The van der Waals surface area contributed by atoms with Crippen molar-refractivity contribution in [2.24, 2.45) is 23.7 Å². The highest BCUT2D eigenvalue weighted by Gasteiger charge is 2.45. The standard InChI is InChI=1S/C31H51N5O9/c1-10-17(4)23-29(41)35(9)24(16(2)3)30(42)34(8)20(7)26(38)32-13-11-22(37)45-21(15-19(6)31(43)44)28(40)36-14-12-18(5)25(36)27(39)33-23/h16-21,23-25H,10-15H2,1-9H3,(H,32,38)(H,33,39)(H,43,44)/t17-,18+,19-,20-,21-,23+,24-,25-/m1/s1. The van der Waals surface area contributed by atoms with Gasteiger partial charge in [-0.25, -0.2) is 0 Å². The van der Waals surface area contributed by atoms with E-state index in [2.05, 4.69) is 10.6 Å². The Kier molecular flexibility index (Phi) is 13.3. The summed E-state index contributed by atoms with van der Waals surface area (Å²) in [5, 5.41) is 15.0. The van der Waals surface area contributed by atoms with E-state index in [1.165, 1.54) is 42.6 Å². The molecule has 2 aliphatic heterocycles. The maximum atomic E-state index is 14.0. The van der Waals surface area contributed by atoms with Gasteiger partial charge in [-0.05, 0) is 31.1 Å². The molecule has 0 radical (unpaired) electrons. The summed E-state index contributed by atoms with van der Waals surface area (Å²) in [6.45, 7) is 12.0. The second-order valence-electron chi connectivity index (χ2n) is 12.9. The number of ether oxygens (including phenoxy) is 1. The second-order valence-corrected chi connectivity index (χ2v) is 12.9. The molecule has 14 nitrogen and oxygen atoms in total. The Balaban J connectivity index is 2.60. The molecule has 0 aromatic rings. The van der Waals surface area contributed by atoms with Crippen molar-refractivity contribution in [3.63, 3.8) is 0 Å². The molecule has 5 amide bonds. The van der Waals surface area contributed by atoms with Crippen LogP contribution in [0.2, 0.25) is 0 Å². The number of hydrogen-bond acceptors (Lipinski definition) is 8. The quantitative estimate of drug-likeness (QED) is 0.352. The zero-order valence-corrected chi connectivity index (χ0v) is 28.0. The minimum Gasteiger partial charge on any atom is -0.481 e. The van der Waals surface area contributed by atoms with Crippen molar-refractivity contribution in [2.75, 3.05) is 27.2 Å². The first-order valence-corrected chi connectivity index (χ1v) is 15.8. The van der Waals surface area contributed by atoms with Crippen LogP contribution in [-0.2, 0) is 38.3 Å². The third-order valence-corrected chi connectivity index (χ3v) is 9.15. The molecule has 14 heteroatoms. The van der Waals surface area contributed by atoms with E-state index in [0.29, 0.717) is 12.8 Å². The van der Waals surface area contributed by atoms with Gasteiger partial charge in [-0.2, -0.15) is 0 Å². The van der Waals surface area contributed by atoms with Crippen LogP contribution in [0.4, 0.5) is 0 Å². The van der Waals surface area contributed by atoms with Crippen LogP contribution in [0.1, 0.15) is 74.1 Å².